The minimum Gasteiger partial charge on any atom is -0.502 e. The normalized spacial score (nSPS) is 9.65. The summed E-state index contributed by atoms with van der Waals surface area (Å²) in [5.74, 6) is -1.41. The molecule has 1 rings (SSSR count). The highest BCUT2D eigenvalue weighted by Crippen LogP contribution is 2.35. The monoisotopic (exact) mass is 237 g/mol. The van der Waals surface area contributed by atoms with E-state index in [1.54, 1.807) is 0 Å². The summed E-state index contributed by atoms with van der Waals surface area (Å²) >= 11 is 0. The van der Waals surface area contributed by atoms with Crippen molar-refractivity contribution in [3.8, 4) is 11.5 Å². The fourth-order valence-electron chi connectivity index (χ4n) is 1.17. The second kappa shape index (κ2) is 5.64. The lowest BCUT2D eigenvalue weighted by molar-refractivity contribution is -0.386. The molecule has 0 saturated heterocycles. The first-order chi connectivity index (χ1) is 8.06. The van der Waals surface area contributed by atoms with E-state index in [1.807, 2.05) is 0 Å². The van der Waals surface area contributed by atoms with Crippen LogP contribution in [-0.4, -0.2) is 16.0 Å². The highest BCUT2D eigenvalue weighted by molar-refractivity contribution is 5.74. The number of rotatable bonds is 5. The maximum atomic E-state index is 11.3. The molecule has 0 aliphatic carbocycles. The van der Waals surface area contributed by atoms with Crippen LogP contribution in [-0.2, 0) is 4.79 Å². The Morgan fingerprint density at radius 2 is 2.29 bits per heavy atom. The molecule has 0 aromatic heterocycles. The lowest BCUT2D eigenvalue weighted by Gasteiger charge is -2.04. The van der Waals surface area contributed by atoms with Crippen molar-refractivity contribution in [1.82, 2.24) is 0 Å². The summed E-state index contributed by atoms with van der Waals surface area (Å²) in [5.41, 5.74) is -0.612. The van der Waals surface area contributed by atoms with E-state index in [4.69, 9.17) is 4.74 Å². The molecule has 0 amide bonds. The highest BCUT2D eigenvalue weighted by atomic mass is 16.6. The largest absolute Gasteiger partial charge is 0.502 e. The summed E-state index contributed by atoms with van der Waals surface area (Å²) in [6.45, 7) is 3.44. The first-order valence-corrected chi connectivity index (χ1v) is 4.84. The Hall–Kier alpha value is -2.37. The van der Waals surface area contributed by atoms with Gasteiger partial charge in [-0.15, -0.1) is 6.58 Å². The van der Waals surface area contributed by atoms with E-state index in [-0.39, 0.29) is 12.2 Å². The molecular formula is C11H11NO5. The summed E-state index contributed by atoms with van der Waals surface area (Å²) in [6.07, 6.45) is 2.04. The van der Waals surface area contributed by atoms with Gasteiger partial charge in [-0.3, -0.25) is 14.9 Å². The topological polar surface area (TPSA) is 89.7 Å². The van der Waals surface area contributed by atoms with Crippen molar-refractivity contribution in [2.24, 2.45) is 0 Å². The van der Waals surface area contributed by atoms with Crippen LogP contribution in [0.2, 0.25) is 0 Å². The quantitative estimate of drug-likeness (QED) is 0.278. The molecule has 0 fully saturated rings. The van der Waals surface area contributed by atoms with Gasteiger partial charge in [0.2, 0.25) is 5.75 Å². The van der Waals surface area contributed by atoms with E-state index in [9.17, 15) is 20.0 Å². The van der Waals surface area contributed by atoms with Crippen LogP contribution in [0, 0.1) is 10.1 Å². The maximum Gasteiger partial charge on any atom is 0.352 e. The summed E-state index contributed by atoms with van der Waals surface area (Å²) in [7, 11) is 0. The zero-order valence-electron chi connectivity index (χ0n) is 8.96. The average molecular weight is 237 g/mol. The minimum absolute atomic E-state index is 0.0797. The van der Waals surface area contributed by atoms with Gasteiger partial charge in [-0.05, 0) is 18.6 Å². The third-order valence-corrected chi connectivity index (χ3v) is 1.94. The van der Waals surface area contributed by atoms with Crippen molar-refractivity contribution in [2.75, 3.05) is 0 Å². The number of aromatic hydroxyl groups is 1. The molecule has 0 spiro atoms. The van der Waals surface area contributed by atoms with Crippen LogP contribution in [0.4, 0.5) is 5.69 Å². The van der Waals surface area contributed by atoms with E-state index >= 15 is 0 Å². The van der Waals surface area contributed by atoms with Crippen LogP contribution in [0.3, 0.4) is 0 Å². The SMILES string of the molecule is C=CCCC(=O)Oc1cccc(O)c1[N+](=O)[O-]. The third-order valence-electron chi connectivity index (χ3n) is 1.94. The number of carbonyl (C=O) groups is 1. The summed E-state index contributed by atoms with van der Waals surface area (Å²) < 4.78 is 4.80. The smallest absolute Gasteiger partial charge is 0.352 e. The van der Waals surface area contributed by atoms with Gasteiger partial charge in [0.05, 0.1) is 4.92 Å². The molecule has 0 heterocycles. The molecule has 0 unspecified atom stereocenters. The average Bonchev–Trinajstić information content (AvgIpc) is 2.25. The predicted octanol–water partition coefficient (Wildman–Crippen LogP) is 2.17. The Kier molecular flexibility index (Phi) is 4.21. The molecule has 0 aliphatic rings. The number of nitro groups is 1. The van der Waals surface area contributed by atoms with Crippen molar-refractivity contribution in [3.63, 3.8) is 0 Å². The number of nitrogens with zero attached hydrogens (tertiary/aromatic N) is 1. The number of benzene rings is 1. The van der Waals surface area contributed by atoms with Gasteiger partial charge in [-0.25, -0.2) is 0 Å². The predicted molar refractivity (Wildman–Crippen MR) is 59.8 cm³/mol. The Balaban J connectivity index is 2.91. The van der Waals surface area contributed by atoms with E-state index in [0.29, 0.717) is 6.42 Å². The van der Waals surface area contributed by atoms with Crippen LogP contribution in [0.15, 0.2) is 30.9 Å². The minimum atomic E-state index is -0.800. The van der Waals surface area contributed by atoms with Crippen LogP contribution < -0.4 is 4.74 Å². The summed E-state index contributed by atoms with van der Waals surface area (Å²) in [4.78, 5) is 21.2. The van der Waals surface area contributed by atoms with Crippen molar-refractivity contribution < 1.29 is 19.6 Å². The van der Waals surface area contributed by atoms with E-state index in [0.717, 1.165) is 6.07 Å². The molecule has 0 bridgehead atoms. The number of phenolic OH excluding ortho intramolecular Hbond substituents is 1. The maximum absolute atomic E-state index is 11.3. The lowest BCUT2D eigenvalue weighted by atomic mass is 10.2. The lowest BCUT2D eigenvalue weighted by Crippen LogP contribution is -2.08. The van der Waals surface area contributed by atoms with Crippen molar-refractivity contribution in [1.29, 1.82) is 0 Å². The molecule has 6 heteroatoms. The van der Waals surface area contributed by atoms with Crippen molar-refractivity contribution in [3.05, 3.63) is 41.0 Å². The molecule has 90 valence electrons. The molecule has 6 nitrogen and oxygen atoms in total. The first kappa shape index (κ1) is 12.7. The highest BCUT2D eigenvalue weighted by Gasteiger charge is 2.22. The number of hydrogen-bond acceptors (Lipinski definition) is 5. The number of allylic oxidation sites excluding steroid dienone is 1. The van der Waals surface area contributed by atoms with Gasteiger partial charge in [0, 0.05) is 6.42 Å². The molecule has 1 aromatic rings. The summed E-state index contributed by atoms with van der Waals surface area (Å²) in [6, 6.07) is 3.77. The second-order valence-electron chi connectivity index (χ2n) is 3.18. The van der Waals surface area contributed by atoms with Gasteiger partial charge >= 0.3 is 11.7 Å². The zero-order chi connectivity index (χ0) is 12.8. The second-order valence-corrected chi connectivity index (χ2v) is 3.18. The fraction of sp³-hybridized carbons (Fsp3) is 0.182. The number of nitro benzene ring substituents is 1. The van der Waals surface area contributed by atoms with Gasteiger partial charge < -0.3 is 9.84 Å². The molecular weight excluding hydrogens is 226 g/mol. The fourth-order valence-corrected chi connectivity index (χ4v) is 1.17. The number of carbonyl (C=O) groups excluding carboxylic acids is 1. The molecule has 0 aliphatic heterocycles. The van der Waals surface area contributed by atoms with Crippen LogP contribution in [0.25, 0.3) is 0 Å². The van der Waals surface area contributed by atoms with Crippen molar-refractivity contribution >= 4 is 11.7 Å². The number of para-hydroxylation sites is 1. The van der Waals surface area contributed by atoms with Gasteiger partial charge in [-0.2, -0.15) is 0 Å². The number of esters is 1. The zero-order valence-corrected chi connectivity index (χ0v) is 8.96. The van der Waals surface area contributed by atoms with Crippen LogP contribution >= 0.6 is 0 Å². The standard InChI is InChI=1S/C11H11NO5/c1-2-3-7-10(14)17-9-6-4-5-8(13)11(9)12(15)16/h2,4-6,13H,1,3,7H2. The third kappa shape index (κ3) is 3.30. The number of ether oxygens (including phenoxy) is 1. The number of hydrogen-bond donors (Lipinski definition) is 1. The molecule has 0 saturated carbocycles. The molecule has 17 heavy (non-hydrogen) atoms. The molecule has 1 aromatic carbocycles. The van der Waals surface area contributed by atoms with Gasteiger partial charge in [0.15, 0.2) is 5.75 Å². The van der Waals surface area contributed by atoms with Gasteiger partial charge in [0.1, 0.15) is 0 Å². The van der Waals surface area contributed by atoms with Gasteiger partial charge in [0.25, 0.3) is 0 Å². The number of phenols is 1. The van der Waals surface area contributed by atoms with Gasteiger partial charge in [-0.1, -0.05) is 12.1 Å². The van der Waals surface area contributed by atoms with Crippen molar-refractivity contribution in [2.45, 2.75) is 12.8 Å². The Bertz CT molecular complexity index is 455. The summed E-state index contributed by atoms with van der Waals surface area (Å²) in [5, 5.41) is 20.0. The Morgan fingerprint density at radius 1 is 1.59 bits per heavy atom. The van der Waals surface area contributed by atoms with Crippen LogP contribution in [0.5, 0.6) is 11.5 Å². The Labute approximate surface area is 97.3 Å². The van der Waals surface area contributed by atoms with E-state index in [1.165, 1.54) is 18.2 Å². The Morgan fingerprint density at radius 3 is 2.88 bits per heavy atom. The molecule has 1 N–H and O–H groups in total. The first-order valence-electron chi connectivity index (χ1n) is 4.84. The molecule has 0 radical (unpaired) electrons. The van der Waals surface area contributed by atoms with E-state index in [2.05, 4.69) is 6.58 Å². The van der Waals surface area contributed by atoms with Crippen LogP contribution in [0.1, 0.15) is 12.8 Å². The molecule has 0 atom stereocenters. The van der Waals surface area contributed by atoms with E-state index < -0.39 is 22.3 Å².